The monoisotopic (exact) mass is 531 g/mol. The molecule has 4 aromatic rings. The Kier molecular flexibility index (Phi) is 8.55. The Morgan fingerprint density at radius 1 is 1.13 bits per heavy atom. The SMILES string of the molecule is CNc1ccc(Oc2ccnc(NC(=O)C3CCC3)c2)c(F)c1.Cc1c(C=O)c(=O)n(-c2ccccc2)n1C. The van der Waals surface area contributed by atoms with Crippen molar-refractivity contribution >= 4 is 23.7 Å². The van der Waals surface area contributed by atoms with E-state index < -0.39 is 5.82 Å². The first-order valence-corrected chi connectivity index (χ1v) is 12.5. The van der Waals surface area contributed by atoms with Crippen LogP contribution in [-0.2, 0) is 11.8 Å². The smallest absolute Gasteiger partial charge is 0.282 e. The number of hydrogen-bond acceptors (Lipinski definition) is 6. The molecule has 2 N–H and O–H groups in total. The van der Waals surface area contributed by atoms with Crippen LogP contribution in [0.2, 0.25) is 0 Å². The third-order valence-corrected chi connectivity index (χ3v) is 6.62. The summed E-state index contributed by atoms with van der Waals surface area (Å²) in [5.41, 5.74) is 2.03. The highest BCUT2D eigenvalue weighted by Gasteiger charge is 2.25. The minimum absolute atomic E-state index is 0.0227. The van der Waals surface area contributed by atoms with Crippen LogP contribution >= 0.6 is 0 Å². The number of nitrogens with zero attached hydrogens (tertiary/aromatic N) is 3. The molecular weight excluding hydrogens is 501 g/mol. The van der Waals surface area contributed by atoms with Gasteiger partial charge in [-0.1, -0.05) is 24.6 Å². The summed E-state index contributed by atoms with van der Waals surface area (Å²) in [4.78, 5) is 38.8. The van der Waals surface area contributed by atoms with Crippen molar-refractivity contribution in [3.8, 4) is 17.2 Å². The molecule has 2 heterocycles. The molecule has 9 nitrogen and oxygen atoms in total. The van der Waals surface area contributed by atoms with E-state index in [1.54, 1.807) is 50.0 Å². The summed E-state index contributed by atoms with van der Waals surface area (Å²) in [7, 11) is 3.48. The molecule has 0 aliphatic heterocycles. The lowest BCUT2D eigenvalue weighted by molar-refractivity contribution is -0.122. The van der Waals surface area contributed by atoms with Gasteiger partial charge in [0.05, 0.1) is 5.69 Å². The number of halogens is 1. The topological polar surface area (TPSA) is 107 Å². The van der Waals surface area contributed by atoms with E-state index in [4.69, 9.17) is 4.74 Å². The average Bonchev–Trinajstić information content (AvgIpc) is 3.12. The fraction of sp³-hybridized carbons (Fsp3) is 0.241. The molecule has 0 unspecified atom stereocenters. The van der Waals surface area contributed by atoms with Crippen molar-refractivity contribution in [2.75, 3.05) is 17.7 Å². The maximum Gasteiger partial charge on any atom is 0.282 e. The van der Waals surface area contributed by atoms with Gasteiger partial charge < -0.3 is 15.4 Å². The van der Waals surface area contributed by atoms with Crippen molar-refractivity contribution in [3.05, 3.63) is 94.3 Å². The van der Waals surface area contributed by atoms with E-state index in [0.29, 0.717) is 29.2 Å². The standard InChI is InChI=1S/C17H18FN3O2.C12H12N2O2/c1-19-12-5-6-15(14(18)9-12)23-13-7-8-20-16(10-13)21-17(22)11-3-2-4-11;1-9-11(8-15)12(16)14(13(9)2)10-6-4-3-5-7-10/h5-11,19H,2-4H2,1H3,(H,20,21,22);3-8H,1-2H3. The predicted molar refractivity (Wildman–Crippen MR) is 147 cm³/mol. The minimum Gasteiger partial charge on any atom is -0.454 e. The van der Waals surface area contributed by atoms with Crippen molar-refractivity contribution in [3.63, 3.8) is 0 Å². The third-order valence-electron chi connectivity index (χ3n) is 6.62. The van der Waals surface area contributed by atoms with E-state index in [1.165, 1.54) is 16.9 Å². The van der Waals surface area contributed by atoms with Gasteiger partial charge in [-0.3, -0.25) is 19.1 Å². The molecule has 2 aromatic carbocycles. The zero-order valence-electron chi connectivity index (χ0n) is 22.0. The molecule has 39 heavy (non-hydrogen) atoms. The molecule has 1 aliphatic rings. The van der Waals surface area contributed by atoms with Crippen molar-refractivity contribution < 1.29 is 18.7 Å². The summed E-state index contributed by atoms with van der Waals surface area (Å²) in [6.45, 7) is 1.75. The molecule has 1 amide bonds. The molecule has 2 aromatic heterocycles. The molecule has 1 saturated carbocycles. The maximum atomic E-state index is 13.9. The number of aromatic nitrogens is 3. The Balaban J connectivity index is 0.000000193. The van der Waals surface area contributed by atoms with E-state index in [-0.39, 0.29) is 28.7 Å². The summed E-state index contributed by atoms with van der Waals surface area (Å²) >= 11 is 0. The average molecular weight is 532 g/mol. The van der Waals surface area contributed by atoms with Gasteiger partial charge in [0.25, 0.3) is 5.56 Å². The minimum atomic E-state index is -0.464. The van der Waals surface area contributed by atoms with E-state index in [9.17, 15) is 18.8 Å². The van der Waals surface area contributed by atoms with Gasteiger partial charge in [-0.05, 0) is 50.1 Å². The predicted octanol–water partition coefficient (Wildman–Crippen LogP) is 5.09. The Morgan fingerprint density at radius 2 is 1.87 bits per heavy atom. The van der Waals surface area contributed by atoms with Crippen LogP contribution in [0, 0.1) is 18.7 Å². The van der Waals surface area contributed by atoms with Gasteiger partial charge in [-0.2, -0.15) is 0 Å². The number of para-hydroxylation sites is 1. The molecule has 202 valence electrons. The number of amides is 1. The van der Waals surface area contributed by atoms with Crippen LogP contribution in [0.5, 0.6) is 11.5 Å². The Labute approximate surface area is 225 Å². The van der Waals surface area contributed by atoms with Gasteiger partial charge in [0, 0.05) is 49.7 Å². The van der Waals surface area contributed by atoms with Crippen LogP contribution in [0.3, 0.4) is 0 Å². The van der Waals surface area contributed by atoms with Gasteiger partial charge in [0.2, 0.25) is 5.91 Å². The van der Waals surface area contributed by atoms with Crippen LogP contribution in [0.25, 0.3) is 5.69 Å². The zero-order valence-corrected chi connectivity index (χ0v) is 22.0. The van der Waals surface area contributed by atoms with E-state index in [1.807, 2.05) is 30.3 Å². The number of pyridine rings is 1. The lowest BCUT2D eigenvalue weighted by atomic mass is 9.85. The van der Waals surface area contributed by atoms with Gasteiger partial charge in [-0.15, -0.1) is 0 Å². The molecule has 0 spiro atoms. The molecule has 1 aliphatic carbocycles. The fourth-order valence-electron chi connectivity index (χ4n) is 4.03. The second-order valence-electron chi connectivity index (χ2n) is 9.08. The third kappa shape index (κ3) is 6.23. The summed E-state index contributed by atoms with van der Waals surface area (Å²) in [5.74, 6) is 0.533. The van der Waals surface area contributed by atoms with E-state index >= 15 is 0 Å². The van der Waals surface area contributed by atoms with Crippen molar-refractivity contribution in [2.45, 2.75) is 26.2 Å². The normalized spacial score (nSPS) is 12.5. The molecule has 0 bridgehead atoms. The Bertz CT molecular complexity index is 1530. The summed E-state index contributed by atoms with van der Waals surface area (Å²) < 4.78 is 22.6. The number of benzene rings is 2. The van der Waals surface area contributed by atoms with Crippen LogP contribution in [0.1, 0.15) is 35.3 Å². The molecule has 0 saturated heterocycles. The first-order chi connectivity index (χ1) is 18.8. The first kappa shape index (κ1) is 27.3. The fourth-order valence-corrected chi connectivity index (χ4v) is 4.03. The molecule has 1 fully saturated rings. The van der Waals surface area contributed by atoms with Gasteiger partial charge in [0.15, 0.2) is 17.9 Å². The largest absolute Gasteiger partial charge is 0.454 e. The number of aldehydes is 1. The number of hydrogen-bond donors (Lipinski definition) is 2. The maximum absolute atomic E-state index is 13.9. The molecule has 10 heteroatoms. The quantitative estimate of drug-likeness (QED) is 0.322. The van der Waals surface area contributed by atoms with Crippen LogP contribution in [0.15, 0.2) is 71.7 Å². The van der Waals surface area contributed by atoms with E-state index in [0.717, 1.165) is 24.9 Å². The Hall–Kier alpha value is -4.73. The number of rotatable bonds is 7. The molecule has 0 radical (unpaired) electrons. The highest BCUT2D eigenvalue weighted by molar-refractivity contribution is 5.92. The van der Waals surface area contributed by atoms with Crippen LogP contribution in [-0.4, -0.2) is 33.6 Å². The number of anilines is 2. The summed E-state index contributed by atoms with van der Waals surface area (Å²) in [6, 6.07) is 17.1. The summed E-state index contributed by atoms with van der Waals surface area (Å²) in [5, 5.41) is 5.63. The lowest BCUT2D eigenvalue weighted by Gasteiger charge is -2.23. The van der Waals surface area contributed by atoms with Gasteiger partial charge in [-0.25, -0.2) is 14.1 Å². The number of carbonyl (C=O) groups is 2. The molecule has 5 rings (SSSR count). The van der Waals surface area contributed by atoms with E-state index in [2.05, 4.69) is 15.6 Å². The first-order valence-electron chi connectivity index (χ1n) is 12.5. The lowest BCUT2D eigenvalue weighted by Crippen LogP contribution is -2.28. The highest BCUT2D eigenvalue weighted by Crippen LogP contribution is 2.29. The van der Waals surface area contributed by atoms with Gasteiger partial charge >= 0.3 is 0 Å². The molecular formula is C29H30FN5O4. The Morgan fingerprint density at radius 3 is 2.46 bits per heavy atom. The second kappa shape index (κ2) is 12.2. The highest BCUT2D eigenvalue weighted by atomic mass is 19.1. The van der Waals surface area contributed by atoms with Crippen LogP contribution < -0.4 is 20.9 Å². The zero-order chi connectivity index (χ0) is 27.9. The van der Waals surface area contributed by atoms with Gasteiger partial charge in [0.1, 0.15) is 17.1 Å². The van der Waals surface area contributed by atoms with Crippen molar-refractivity contribution in [2.24, 2.45) is 13.0 Å². The number of carbonyl (C=O) groups excluding carboxylic acids is 2. The van der Waals surface area contributed by atoms with Crippen molar-refractivity contribution in [1.82, 2.24) is 14.3 Å². The van der Waals surface area contributed by atoms with Crippen LogP contribution in [0.4, 0.5) is 15.9 Å². The van der Waals surface area contributed by atoms with Crippen molar-refractivity contribution in [1.29, 1.82) is 0 Å². The second-order valence-corrected chi connectivity index (χ2v) is 9.08. The number of ether oxygens (including phenoxy) is 1. The number of nitrogens with one attached hydrogen (secondary N) is 2. The summed E-state index contributed by atoms with van der Waals surface area (Å²) in [6.07, 6.45) is 5.06. The molecule has 0 atom stereocenters.